The Hall–Kier alpha value is -2.01. The van der Waals surface area contributed by atoms with Gasteiger partial charge < -0.3 is 24.8 Å². The van der Waals surface area contributed by atoms with Gasteiger partial charge in [-0.2, -0.15) is 0 Å². The van der Waals surface area contributed by atoms with Gasteiger partial charge in [0.05, 0.1) is 0 Å². The Bertz CT molecular complexity index is 1450. The SMILES string of the molecule is Cc1cc2c(c3c(C)cccc13)[O][Ti+2][O]c1c(cc(C)c3cccc(C)c13)C2c1cccs1.[Cl-].[Cl-]. The predicted octanol–water partition coefficient (Wildman–Crippen LogP) is 2.16. The second kappa shape index (κ2) is 10.2. The quantitative estimate of drug-likeness (QED) is 0.296. The second-order valence-corrected chi connectivity index (χ2v) is 10.8. The summed E-state index contributed by atoms with van der Waals surface area (Å²) in [6, 6.07) is 22.1. The zero-order valence-corrected chi connectivity index (χ0v) is 23.8. The van der Waals surface area contributed by atoms with Crippen molar-refractivity contribution >= 4 is 32.9 Å². The molecule has 0 amide bonds. The molecule has 6 rings (SSSR count). The monoisotopic (exact) mass is 554 g/mol. The van der Waals surface area contributed by atoms with E-state index in [1.807, 2.05) is 0 Å². The molecule has 2 heterocycles. The van der Waals surface area contributed by atoms with Gasteiger partial charge in [-0.15, -0.1) is 0 Å². The fraction of sp³-hybridized carbons (Fsp3) is 0.172. The first-order valence-corrected chi connectivity index (χ1v) is 13.4. The van der Waals surface area contributed by atoms with Crippen molar-refractivity contribution in [2.24, 2.45) is 0 Å². The van der Waals surface area contributed by atoms with E-state index in [-0.39, 0.29) is 30.7 Å². The Kier molecular flexibility index (Phi) is 7.57. The minimum atomic E-state index is -1.14. The molecule has 0 aliphatic carbocycles. The summed E-state index contributed by atoms with van der Waals surface area (Å²) in [5.41, 5.74) is 7.56. The largest absolute Gasteiger partial charge is 1.00 e. The van der Waals surface area contributed by atoms with Gasteiger partial charge in [-0.3, -0.25) is 0 Å². The van der Waals surface area contributed by atoms with Crippen LogP contribution in [0.4, 0.5) is 0 Å². The van der Waals surface area contributed by atoms with Crippen molar-refractivity contribution in [3.63, 3.8) is 0 Å². The average molecular weight is 555 g/mol. The average Bonchev–Trinajstić information content (AvgIpc) is 3.31. The smallest absolute Gasteiger partial charge is 1.00 e. The molecule has 2 nitrogen and oxygen atoms in total. The van der Waals surface area contributed by atoms with Crippen LogP contribution in [0.2, 0.25) is 0 Å². The van der Waals surface area contributed by atoms with Gasteiger partial charge in [-0.25, -0.2) is 0 Å². The Labute approximate surface area is 232 Å². The standard InChI is InChI=1S/C29H26O2S.2ClH.Ti/c1-16-8-5-10-20-18(3)14-22(28(30)25(16)20)27(24-12-7-13-32-24)23-15-19(4)21-11-6-9-17(2)26(21)29(23)31;;;/h5-15,27,30-31H,1-4H3;2*1H;/q;;;+4/p-4. The fourth-order valence-electron chi connectivity index (χ4n) is 5.32. The van der Waals surface area contributed by atoms with Crippen molar-refractivity contribution < 1.29 is 51.4 Å². The van der Waals surface area contributed by atoms with Crippen molar-refractivity contribution in [2.75, 3.05) is 0 Å². The summed E-state index contributed by atoms with van der Waals surface area (Å²) in [5.74, 6) is 2.06. The molecule has 0 saturated heterocycles. The molecule has 0 atom stereocenters. The first kappa shape index (κ1) is 26.1. The van der Waals surface area contributed by atoms with Gasteiger partial charge in [-0.05, 0) is 0 Å². The van der Waals surface area contributed by atoms with E-state index < -0.39 is 19.9 Å². The molecule has 6 heteroatoms. The van der Waals surface area contributed by atoms with Crippen LogP contribution in [0.3, 0.4) is 0 Å². The summed E-state index contributed by atoms with van der Waals surface area (Å²) in [4.78, 5) is 1.31. The molecule has 0 fully saturated rings. The molecule has 35 heavy (non-hydrogen) atoms. The number of hydrogen-bond donors (Lipinski definition) is 0. The van der Waals surface area contributed by atoms with Crippen molar-refractivity contribution in [1.82, 2.24) is 0 Å². The minimum absolute atomic E-state index is 0. The van der Waals surface area contributed by atoms with Crippen molar-refractivity contribution in [2.45, 2.75) is 33.6 Å². The van der Waals surface area contributed by atoms with Gasteiger partial charge in [0.2, 0.25) is 0 Å². The van der Waals surface area contributed by atoms with E-state index in [4.69, 9.17) is 6.64 Å². The summed E-state index contributed by atoms with van der Waals surface area (Å²) in [6.07, 6.45) is 0. The third-order valence-corrected chi connectivity index (χ3v) is 8.69. The number of hydrogen-bond acceptors (Lipinski definition) is 3. The van der Waals surface area contributed by atoms with Crippen LogP contribution in [-0.4, -0.2) is 0 Å². The number of thiophene rings is 1. The molecule has 176 valence electrons. The Morgan fingerprint density at radius 2 is 1.17 bits per heavy atom. The zero-order valence-electron chi connectivity index (χ0n) is 19.9. The number of fused-ring (bicyclic) bond motifs is 6. The molecular weight excluding hydrogens is 531 g/mol. The number of halogens is 2. The van der Waals surface area contributed by atoms with Crippen LogP contribution in [0.5, 0.6) is 11.5 Å². The molecule has 1 aliphatic heterocycles. The molecule has 5 aromatic rings. The molecule has 4 aromatic carbocycles. The molecule has 0 radical (unpaired) electrons. The van der Waals surface area contributed by atoms with Crippen LogP contribution < -0.4 is 31.5 Å². The summed E-state index contributed by atoms with van der Waals surface area (Å²) in [6.45, 7) is 8.80. The maximum atomic E-state index is 6.59. The van der Waals surface area contributed by atoms with E-state index in [2.05, 4.69) is 93.7 Å². The van der Waals surface area contributed by atoms with E-state index in [1.54, 1.807) is 11.3 Å². The zero-order chi connectivity index (χ0) is 22.7. The van der Waals surface area contributed by atoms with Crippen LogP contribution in [0.25, 0.3) is 21.5 Å². The molecular formula is C29H24Cl2O2STi. The van der Waals surface area contributed by atoms with Crippen LogP contribution in [-0.2, 0) is 19.9 Å². The maximum absolute atomic E-state index is 6.59. The fourth-order valence-corrected chi connectivity index (χ4v) is 7.19. The topological polar surface area (TPSA) is 18.5 Å². The van der Waals surface area contributed by atoms with Crippen molar-refractivity contribution in [3.05, 3.63) is 104 Å². The molecule has 1 aliphatic rings. The minimum Gasteiger partial charge on any atom is -1.00 e. The molecule has 0 N–H and O–H groups in total. The van der Waals surface area contributed by atoms with Gasteiger partial charge in [0, 0.05) is 0 Å². The summed E-state index contributed by atoms with van der Waals surface area (Å²) < 4.78 is 13.2. The second-order valence-electron chi connectivity index (χ2n) is 8.95. The van der Waals surface area contributed by atoms with E-state index in [1.165, 1.54) is 59.8 Å². The molecule has 0 saturated carbocycles. The van der Waals surface area contributed by atoms with E-state index >= 15 is 0 Å². The Morgan fingerprint density at radius 3 is 1.63 bits per heavy atom. The first-order valence-electron chi connectivity index (χ1n) is 11.2. The van der Waals surface area contributed by atoms with Crippen molar-refractivity contribution in [3.8, 4) is 11.5 Å². The van der Waals surface area contributed by atoms with E-state index in [0.29, 0.717) is 0 Å². The molecule has 0 bridgehead atoms. The van der Waals surface area contributed by atoms with E-state index in [0.717, 1.165) is 11.5 Å². The molecule has 0 unspecified atom stereocenters. The van der Waals surface area contributed by atoms with Gasteiger partial charge in [-0.1, -0.05) is 0 Å². The summed E-state index contributed by atoms with van der Waals surface area (Å²) in [7, 11) is 0. The van der Waals surface area contributed by atoms with Gasteiger partial charge >= 0.3 is 209 Å². The molecule has 1 aromatic heterocycles. The normalized spacial score (nSPS) is 12.5. The van der Waals surface area contributed by atoms with Gasteiger partial charge in [0.15, 0.2) is 0 Å². The number of aryl methyl sites for hydroxylation is 4. The number of benzene rings is 4. The maximum Gasteiger partial charge on any atom is -1.00 e. The Balaban J connectivity index is 0.00000144. The van der Waals surface area contributed by atoms with Gasteiger partial charge in [0.1, 0.15) is 0 Å². The molecule has 0 spiro atoms. The Morgan fingerprint density at radius 1 is 0.657 bits per heavy atom. The van der Waals surface area contributed by atoms with Crippen LogP contribution in [0.1, 0.15) is 44.2 Å². The third kappa shape index (κ3) is 4.18. The summed E-state index contributed by atoms with van der Waals surface area (Å²) in [5, 5.41) is 7.13. The van der Waals surface area contributed by atoms with Crippen LogP contribution >= 0.6 is 11.3 Å². The van der Waals surface area contributed by atoms with Crippen LogP contribution in [0, 0.1) is 27.7 Å². The first-order chi connectivity index (χ1) is 16.0. The summed E-state index contributed by atoms with van der Waals surface area (Å²) >= 11 is 0.665. The van der Waals surface area contributed by atoms with Gasteiger partial charge in [0.25, 0.3) is 0 Å². The van der Waals surface area contributed by atoms with E-state index in [9.17, 15) is 0 Å². The van der Waals surface area contributed by atoms with Crippen molar-refractivity contribution in [1.29, 1.82) is 0 Å². The van der Waals surface area contributed by atoms with Crippen LogP contribution in [0.15, 0.2) is 66.0 Å². The third-order valence-electron chi connectivity index (χ3n) is 6.85. The number of rotatable bonds is 1. The predicted molar refractivity (Wildman–Crippen MR) is 133 cm³/mol.